The van der Waals surface area contributed by atoms with Crippen molar-refractivity contribution >= 4 is 11.8 Å². The smallest absolute Gasteiger partial charge is 0.336 e. The lowest BCUT2D eigenvalue weighted by molar-refractivity contribution is -0.159. The number of ketones is 1. The van der Waals surface area contributed by atoms with Crippen LogP contribution in [0.3, 0.4) is 0 Å². The van der Waals surface area contributed by atoms with E-state index in [1.165, 1.54) is 6.92 Å². The minimum Gasteiger partial charge on any atom is -0.455 e. The van der Waals surface area contributed by atoms with Crippen LogP contribution in [0.15, 0.2) is 36.4 Å². The molecule has 0 fully saturated rings. The molecule has 1 unspecified atom stereocenters. The highest BCUT2D eigenvalue weighted by atomic mass is 16.7. The first-order valence-corrected chi connectivity index (χ1v) is 7.08. The number of carbonyl (C=O) groups is 2. The molecule has 0 aliphatic carbocycles. The topological polar surface area (TPSA) is 52.6 Å². The molecule has 0 bridgehead atoms. The molecule has 0 amide bonds. The summed E-state index contributed by atoms with van der Waals surface area (Å²) in [6.07, 6.45) is 1.84. The first-order chi connectivity index (χ1) is 9.93. The van der Waals surface area contributed by atoms with Crippen LogP contribution in [0.2, 0.25) is 0 Å². The Kier molecular flexibility index (Phi) is 6.66. The third kappa shape index (κ3) is 5.81. The molecule has 1 rings (SSSR count). The first kappa shape index (κ1) is 17.0. The van der Waals surface area contributed by atoms with E-state index in [0.717, 1.165) is 12.8 Å². The van der Waals surface area contributed by atoms with Gasteiger partial charge >= 0.3 is 5.97 Å². The van der Waals surface area contributed by atoms with Crippen LogP contribution in [0, 0.1) is 0 Å². The Labute approximate surface area is 125 Å². The Bertz CT molecular complexity index is 502. The van der Waals surface area contributed by atoms with E-state index in [1.807, 2.05) is 0 Å². The molecule has 4 heteroatoms. The molecule has 0 radical (unpaired) electrons. The summed E-state index contributed by atoms with van der Waals surface area (Å²) in [4.78, 5) is 22.8. The molecule has 0 aliphatic rings. The Morgan fingerprint density at radius 3 is 2.29 bits per heavy atom. The van der Waals surface area contributed by atoms with E-state index < -0.39 is 12.3 Å². The third-order valence-corrected chi connectivity index (χ3v) is 2.91. The van der Waals surface area contributed by atoms with E-state index in [-0.39, 0.29) is 5.78 Å². The van der Waals surface area contributed by atoms with Crippen LogP contribution < -0.4 is 4.74 Å². The van der Waals surface area contributed by atoms with E-state index in [1.54, 1.807) is 31.2 Å². The molecule has 0 saturated carbocycles. The van der Waals surface area contributed by atoms with Crippen molar-refractivity contribution in [1.82, 2.24) is 0 Å². The van der Waals surface area contributed by atoms with Crippen molar-refractivity contribution in [2.45, 2.75) is 46.3 Å². The van der Waals surface area contributed by atoms with E-state index >= 15 is 0 Å². The number of rotatable bonds is 8. The van der Waals surface area contributed by atoms with Gasteiger partial charge in [0, 0.05) is 17.6 Å². The number of benzene rings is 1. The van der Waals surface area contributed by atoms with Crippen LogP contribution in [0.1, 0.15) is 50.4 Å². The Balaban J connectivity index is 2.72. The van der Waals surface area contributed by atoms with Crippen LogP contribution in [-0.2, 0) is 9.53 Å². The quantitative estimate of drug-likeness (QED) is 0.315. The van der Waals surface area contributed by atoms with Gasteiger partial charge in [0.1, 0.15) is 5.75 Å². The minimum atomic E-state index is -0.641. The monoisotopic (exact) mass is 290 g/mol. The standard InChI is InChI=1S/C17H22O4/c1-5-6-7-16(21-17(19)12(2)3)20-15-10-8-14(9-11-15)13(4)18/h8-11,16H,2,5-7H2,1,3-4H3. The van der Waals surface area contributed by atoms with Crippen LogP contribution in [-0.4, -0.2) is 18.0 Å². The lowest BCUT2D eigenvalue weighted by Gasteiger charge is -2.19. The molecule has 114 valence electrons. The number of hydrogen-bond donors (Lipinski definition) is 0. The second-order valence-corrected chi connectivity index (χ2v) is 4.96. The maximum atomic E-state index is 11.6. The molecule has 0 heterocycles. The highest BCUT2D eigenvalue weighted by Crippen LogP contribution is 2.18. The zero-order chi connectivity index (χ0) is 15.8. The molecular weight excluding hydrogens is 268 g/mol. The van der Waals surface area contributed by atoms with Crippen molar-refractivity contribution < 1.29 is 19.1 Å². The van der Waals surface area contributed by atoms with Crippen LogP contribution in [0.25, 0.3) is 0 Å². The van der Waals surface area contributed by atoms with Gasteiger partial charge in [-0.3, -0.25) is 4.79 Å². The summed E-state index contributed by atoms with van der Waals surface area (Å²) in [7, 11) is 0. The summed E-state index contributed by atoms with van der Waals surface area (Å²) < 4.78 is 10.9. The molecule has 0 aliphatic heterocycles. The van der Waals surface area contributed by atoms with Crippen molar-refractivity contribution in [1.29, 1.82) is 0 Å². The maximum Gasteiger partial charge on any atom is 0.336 e. The molecule has 1 aromatic rings. The maximum absolute atomic E-state index is 11.6. The van der Waals surface area contributed by atoms with Crippen LogP contribution >= 0.6 is 0 Å². The fourth-order valence-electron chi connectivity index (χ4n) is 1.65. The van der Waals surface area contributed by atoms with E-state index in [4.69, 9.17) is 9.47 Å². The molecule has 0 saturated heterocycles. The number of esters is 1. The summed E-state index contributed by atoms with van der Waals surface area (Å²) in [6, 6.07) is 6.78. The van der Waals surface area contributed by atoms with Gasteiger partial charge in [0.05, 0.1) is 0 Å². The molecule has 1 aromatic carbocycles. The highest BCUT2D eigenvalue weighted by molar-refractivity contribution is 5.94. The predicted molar refractivity (Wildman–Crippen MR) is 81.3 cm³/mol. The number of unbranched alkanes of at least 4 members (excludes halogenated alkanes) is 1. The van der Waals surface area contributed by atoms with Crippen LogP contribution in [0.5, 0.6) is 5.75 Å². The second-order valence-electron chi connectivity index (χ2n) is 4.96. The molecule has 4 nitrogen and oxygen atoms in total. The molecule has 0 N–H and O–H groups in total. The normalized spacial score (nSPS) is 11.6. The van der Waals surface area contributed by atoms with Gasteiger partial charge < -0.3 is 9.47 Å². The summed E-state index contributed by atoms with van der Waals surface area (Å²) >= 11 is 0. The summed E-state index contributed by atoms with van der Waals surface area (Å²) in [5.41, 5.74) is 0.957. The van der Waals surface area contributed by atoms with E-state index in [9.17, 15) is 9.59 Å². The Hall–Kier alpha value is -2.10. The predicted octanol–water partition coefficient (Wildman–Crippen LogP) is 3.90. The number of carbonyl (C=O) groups excluding carboxylic acids is 2. The van der Waals surface area contributed by atoms with Crippen molar-refractivity contribution in [3.05, 3.63) is 42.0 Å². The van der Waals surface area contributed by atoms with Gasteiger partial charge in [-0.1, -0.05) is 19.9 Å². The number of hydrogen-bond acceptors (Lipinski definition) is 4. The second kappa shape index (κ2) is 8.25. The average Bonchev–Trinajstić information content (AvgIpc) is 2.45. The fourth-order valence-corrected chi connectivity index (χ4v) is 1.65. The zero-order valence-electron chi connectivity index (χ0n) is 12.8. The van der Waals surface area contributed by atoms with Crippen molar-refractivity contribution in [2.24, 2.45) is 0 Å². The lowest BCUT2D eigenvalue weighted by atomic mass is 10.1. The largest absolute Gasteiger partial charge is 0.455 e. The van der Waals surface area contributed by atoms with Crippen molar-refractivity contribution in [2.75, 3.05) is 0 Å². The number of Topliss-reactive ketones (excluding diaryl/α,β-unsaturated/α-hetero) is 1. The fraction of sp³-hybridized carbons (Fsp3) is 0.412. The Morgan fingerprint density at radius 1 is 1.19 bits per heavy atom. The summed E-state index contributed by atoms with van der Waals surface area (Å²) in [5.74, 6) is 0.102. The molecule has 21 heavy (non-hydrogen) atoms. The SMILES string of the molecule is C=C(C)C(=O)OC(CCCC)Oc1ccc(C(C)=O)cc1. The van der Waals surface area contributed by atoms with E-state index in [0.29, 0.717) is 23.3 Å². The van der Waals surface area contributed by atoms with E-state index in [2.05, 4.69) is 13.5 Å². The number of ether oxygens (including phenoxy) is 2. The molecule has 0 aromatic heterocycles. The van der Waals surface area contributed by atoms with Gasteiger partial charge in [-0.05, 0) is 44.5 Å². The highest BCUT2D eigenvalue weighted by Gasteiger charge is 2.16. The van der Waals surface area contributed by atoms with Gasteiger partial charge in [-0.15, -0.1) is 0 Å². The molecule has 0 spiro atoms. The molecule has 1 atom stereocenters. The average molecular weight is 290 g/mol. The van der Waals surface area contributed by atoms with Gasteiger partial charge in [-0.25, -0.2) is 4.79 Å². The van der Waals surface area contributed by atoms with Gasteiger partial charge in [0.2, 0.25) is 6.29 Å². The van der Waals surface area contributed by atoms with Crippen molar-refractivity contribution in [3.63, 3.8) is 0 Å². The summed E-state index contributed by atoms with van der Waals surface area (Å²) in [5, 5.41) is 0. The first-order valence-electron chi connectivity index (χ1n) is 7.08. The Morgan fingerprint density at radius 2 is 1.81 bits per heavy atom. The van der Waals surface area contributed by atoms with Gasteiger partial charge in [-0.2, -0.15) is 0 Å². The summed E-state index contributed by atoms with van der Waals surface area (Å²) in [6.45, 7) is 8.72. The van der Waals surface area contributed by atoms with Gasteiger partial charge in [0.25, 0.3) is 0 Å². The zero-order valence-corrected chi connectivity index (χ0v) is 12.8. The van der Waals surface area contributed by atoms with Crippen molar-refractivity contribution in [3.8, 4) is 5.75 Å². The minimum absolute atomic E-state index is 0.00204. The van der Waals surface area contributed by atoms with Gasteiger partial charge in [0.15, 0.2) is 5.78 Å². The lowest BCUT2D eigenvalue weighted by Crippen LogP contribution is -2.24. The van der Waals surface area contributed by atoms with Crippen LogP contribution in [0.4, 0.5) is 0 Å². The molecular formula is C17H22O4. The third-order valence-electron chi connectivity index (χ3n) is 2.91.